The fraction of sp³-hybridized carbons (Fsp3) is 0.462. The first-order valence-electron chi connectivity index (χ1n) is 5.89. The fourth-order valence-electron chi connectivity index (χ4n) is 2.13. The van der Waals surface area contributed by atoms with Crippen molar-refractivity contribution in [3.8, 4) is 0 Å². The van der Waals surface area contributed by atoms with E-state index >= 15 is 0 Å². The summed E-state index contributed by atoms with van der Waals surface area (Å²) in [5, 5.41) is 0. The Morgan fingerprint density at radius 2 is 2.11 bits per heavy atom. The lowest BCUT2D eigenvalue weighted by atomic mass is 10.1. The number of rotatable bonds is 2. The predicted octanol–water partition coefficient (Wildman–Crippen LogP) is 2.84. The molecule has 1 amide bonds. The minimum absolute atomic E-state index is 0.0589. The van der Waals surface area contributed by atoms with E-state index in [9.17, 15) is 9.18 Å². The van der Waals surface area contributed by atoms with E-state index in [0.717, 1.165) is 12.8 Å². The van der Waals surface area contributed by atoms with Crippen LogP contribution in [0, 0.1) is 5.82 Å². The molecule has 0 N–H and O–H groups in total. The number of halogens is 2. The van der Waals surface area contributed by atoms with Gasteiger partial charge in [-0.15, -0.1) is 0 Å². The molecule has 3 nitrogen and oxygen atoms in total. The van der Waals surface area contributed by atoms with Gasteiger partial charge in [-0.2, -0.15) is 0 Å². The van der Waals surface area contributed by atoms with Crippen molar-refractivity contribution in [1.29, 1.82) is 0 Å². The van der Waals surface area contributed by atoms with Crippen molar-refractivity contribution in [1.82, 2.24) is 4.90 Å². The van der Waals surface area contributed by atoms with Crippen LogP contribution in [0.2, 0.25) is 0 Å². The van der Waals surface area contributed by atoms with Gasteiger partial charge in [0.1, 0.15) is 5.82 Å². The van der Waals surface area contributed by atoms with Crippen LogP contribution in [0.4, 0.5) is 4.39 Å². The molecule has 0 aliphatic carbocycles. The molecule has 0 saturated carbocycles. The molecule has 5 heteroatoms. The highest BCUT2D eigenvalue weighted by atomic mass is 79.9. The number of carbonyl (C=O) groups is 1. The monoisotopic (exact) mass is 315 g/mol. The van der Waals surface area contributed by atoms with Gasteiger partial charge in [-0.1, -0.05) is 0 Å². The van der Waals surface area contributed by atoms with Crippen LogP contribution in [0.3, 0.4) is 0 Å². The summed E-state index contributed by atoms with van der Waals surface area (Å²) in [6.45, 7) is 1.36. The minimum atomic E-state index is -0.350. The summed E-state index contributed by atoms with van der Waals surface area (Å²) in [6.07, 6.45) is 1.94. The number of benzene rings is 1. The molecule has 0 atom stereocenters. The van der Waals surface area contributed by atoms with Gasteiger partial charge in [-0.3, -0.25) is 4.79 Å². The molecular weight excluding hydrogens is 301 g/mol. The van der Waals surface area contributed by atoms with Gasteiger partial charge in [-0.25, -0.2) is 4.39 Å². The van der Waals surface area contributed by atoms with Crippen molar-refractivity contribution in [2.24, 2.45) is 0 Å². The number of ether oxygens (including phenoxy) is 1. The first-order chi connectivity index (χ1) is 8.61. The number of likely N-dealkylation sites (tertiary alicyclic amines) is 1. The first kappa shape index (κ1) is 13.5. The van der Waals surface area contributed by atoms with Gasteiger partial charge in [-0.05, 0) is 47.0 Å². The Labute approximate surface area is 114 Å². The smallest absolute Gasteiger partial charge is 0.255 e. The lowest BCUT2D eigenvalue weighted by Crippen LogP contribution is -2.40. The van der Waals surface area contributed by atoms with Crippen molar-refractivity contribution in [3.05, 3.63) is 34.1 Å². The van der Waals surface area contributed by atoms with Crippen LogP contribution < -0.4 is 0 Å². The molecule has 18 heavy (non-hydrogen) atoms. The van der Waals surface area contributed by atoms with E-state index in [4.69, 9.17) is 4.74 Å². The summed E-state index contributed by atoms with van der Waals surface area (Å²) in [5.41, 5.74) is 0.507. The zero-order valence-electron chi connectivity index (χ0n) is 10.2. The third-order valence-electron chi connectivity index (χ3n) is 3.22. The van der Waals surface area contributed by atoms with Crippen molar-refractivity contribution < 1.29 is 13.9 Å². The summed E-state index contributed by atoms with van der Waals surface area (Å²) in [6, 6.07) is 4.14. The number of amides is 1. The van der Waals surface area contributed by atoms with Gasteiger partial charge in [0.2, 0.25) is 0 Å². The van der Waals surface area contributed by atoms with E-state index in [1.165, 1.54) is 18.2 Å². The Balaban J connectivity index is 2.08. The van der Waals surface area contributed by atoms with Gasteiger partial charge < -0.3 is 9.64 Å². The molecule has 1 aliphatic rings. The molecule has 1 aliphatic heterocycles. The molecule has 1 fully saturated rings. The molecule has 0 unspecified atom stereocenters. The second-order valence-electron chi connectivity index (χ2n) is 4.35. The van der Waals surface area contributed by atoms with Gasteiger partial charge in [0.05, 0.1) is 11.7 Å². The van der Waals surface area contributed by atoms with Crippen LogP contribution in [-0.2, 0) is 4.74 Å². The summed E-state index contributed by atoms with van der Waals surface area (Å²) in [4.78, 5) is 14.0. The van der Waals surface area contributed by atoms with Gasteiger partial charge in [0, 0.05) is 24.7 Å². The highest BCUT2D eigenvalue weighted by molar-refractivity contribution is 9.10. The summed E-state index contributed by atoms with van der Waals surface area (Å²) in [5.74, 6) is -0.409. The average molecular weight is 316 g/mol. The quantitative estimate of drug-likeness (QED) is 0.840. The summed E-state index contributed by atoms with van der Waals surface area (Å²) in [7, 11) is 1.69. The van der Waals surface area contributed by atoms with Gasteiger partial charge in [0.25, 0.3) is 5.91 Å². The summed E-state index contributed by atoms with van der Waals surface area (Å²) >= 11 is 3.23. The average Bonchev–Trinajstić information content (AvgIpc) is 2.38. The normalized spacial score (nSPS) is 16.9. The van der Waals surface area contributed by atoms with Crippen LogP contribution in [0.25, 0.3) is 0 Å². The Kier molecular flexibility index (Phi) is 4.35. The number of nitrogens with zero attached hydrogens (tertiary/aromatic N) is 1. The molecule has 2 rings (SSSR count). The topological polar surface area (TPSA) is 29.5 Å². The van der Waals surface area contributed by atoms with Crippen LogP contribution in [-0.4, -0.2) is 37.1 Å². The van der Waals surface area contributed by atoms with Crippen molar-refractivity contribution >= 4 is 21.8 Å². The van der Waals surface area contributed by atoms with Gasteiger partial charge in [0.15, 0.2) is 0 Å². The maximum Gasteiger partial charge on any atom is 0.255 e. The second-order valence-corrected chi connectivity index (χ2v) is 5.21. The number of piperidine rings is 1. The van der Waals surface area contributed by atoms with Crippen LogP contribution in [0.15, 0.2) is 22.7 Å². The lowest BCUT2D eigenvalue weighted by molar-refractivity contribution is 0.0350. The highest BCUT2D eigenvalue weighted by Gasteiger charge is 2.24. The Morgan fingerprint density at radius 3 is 2.67 bits per heavy atom. The maximum atomic E-state index is 13.0. The van der Waals surface area contributed by atoms with Crippen molar-refractivity contribution in [3.63, 3.8) is 0 Å². The predicted molar refractivity (Wildman–Crippen MR) is 70.0 cm³/mol. The van der Waals surface area contributed by atoms with Crippen LogP contribution in [0.1, 0.15) is 23.2 Å². The molecule has 1 heterocycles. The zero-order valence-corrected chi connectivity index (χ0v) is 11.7. The van der Waals surface area contributed by atoms with E-state index < -0.39 is 0 Å². The molecule has 0 bridgehead atoms. The number of methoxy groups -OCH3 is 1. The Bertz CT molecular complexity index is 445. The third-order valence-corrected chi connectivity index (χ3v) is 3.88. The number of carbonyl (C=O) groups excluding carboxylic acids is 1. The van der Waals surface area contributed by atoms with Crippen molar-refractivity contribution in [2.75, 3.05) is 20.2 Å². The molecule has 0 spiro atoms. The van der Waals surface area contributed by atoms with Crippen LogP contribution in [0.5, 0.6) is 0 Å². The number of hydrogen-bond acceptors (Lipinski definition) is 2. The SMILES string of the molecule is COC1CCN(C(=O)c2ccc(F)cc2Br)CC1. The summed E-state index contributed by atoms with van der Waals surface area (Å²) < 4.78 is 18.7. The fourth-order valence-corrected chi connectivity index (χ4v) is 2.65. The lowest BCUT2D eigenvalue weighted by Gasteiger charge is -2.31. The minimum Gasteiger partial charge on any atom is -0.381 e. The molecule has 98 valence electrons. The molecule has 0 aromatic heterocycles. The van der Waals surface area contributed by atoms with E-state index in [-0.39, 0.29) is 17.8 Å². The Hall–Kier alpha value is -0.940. The molecule has 1 aromatic carbocycles. The van der Waals surface area contributed by atoms with E-state index in [0.29, 0.717) is 23.1 Å². The van der Waals surface area contributed by atoms with Gasteiger partial charge >= 0.3 is 0 Å². The van der Waals surface area contributed by atoms with Crippen molar-refractivity contribution in [2.45, 2.75) is 18.9 Å². The standard InChI is InChI=1S/C13H15BrFNO2/c1-18-10-4-6-16(7-5-10)13(17)11-3-2-9(15)8-12(11)14/h2-3,8,10H,4-7H2,1H3. The molecular formula is C13H15BrFNO2. The third kappa shape index (κ3) is 2.90. The molecule has 0 radical (unpaired) electrons. The van der Waals surface area contributed by atoms with E-state index in [1.807, 2.05) is 0 Å². The molecule has 1 aromatic rings. The Morgan fingerprint density at radius 1 is 1.44 bits per heavy atom. The zero-order chi connectivity index (χ0) is 13.1. The van der Waals surface area contributed by atoms with E-state index in [2.05, 4.69) is 15.9 Å². The van der Waals surface area contributed by atoms with Crippen LogP contribution >= 0.6 is 15.9 Å². The number of hydrogen-bond donors (Lipinski definition) is 0. The highest BCUT2D eigenvalue weighted by Crippen LogP contribution is 2.22. The first-order valence-corrected chi connectivity index (χ1v) is 6.68. The maximum absolute atomic E-state index is 13.0. The molecule has 1 saturated heterocycles. The van der Waals surface area contributed by atoms with E-state index in [1.54, 1.807) is 12.0 Å². The largest absolute Gasteiger partial charge is 0.381 e. The second kappa shape index (κ2) is 5.80.